The molecule has 0 aromatic heterocycles. The molecule has 1 unspecified atom stereocenters. The monoisotopic (exact) mass is 408 g/mol. The van der Waals surface area contributed by atoms with Gasteiger partial charge in [0.15, 0.2) is 9.04 Å². The number of hydrogen-bond acceptors (Lipinski definition) is 1. The summed E-state index contributed by atoms with van der Waals surface area (Å²) in [6.45, 7) is 0.860. The highest BCUT2D eigenvalue weighted by Gasteiger charge is 2.90. The summed E-state index contributed by atoms with van der Waals surface area (Å²) < 4.78 is 164. The van der Waals surface area contributed by atoms with Crippen LogP contribution in [-0.2, 0) is 0 Å². The van der Waals surface area contributed by atoms with Crippen LogP contribution in [0.1, 0.15) is 6.42 Å². The van der Waals surface area contributed by atoms with Crippen LogP contribution in [0.3, 0.4) is 0 Å². The van der Waals surface area contributed by atoms with Crippen LogP contribution in [0, 0.1) is 0 Å². The number of alkyl halides is 13. The SMILES string of the molecule is C[SiH](O)CCC(F)(F)C(F)(F)C(F)(F)C(F)(F)C(F)(F)C(F)(F)F. The summed E-state index contributed by atoms with van der Waals surface area (Å²) in [4.78, 5) is 8.74. The lowest BCUT2D eigenvalue weighted by atomic mass is 9.93. The zero-order valence-corrected chi connectivity index (χ0v) is 12.5. The van der Waals surface area contributed by atoms with Crippen molar-refractivity contribution in [2.75, 3.05) is 0 Å². The fourth-order valence-corrected chi connectivity index (χ4v) is 2.13. The van der Waals surface area contributed by atoms with Crippen molar-refractivity contribution in [3.8, 4) is 0 Å². The molecule has 0 rings (SSSR count). The lowest BCUT2D eigenvalue weighted by molar-refractivity contribution is -0.439. The Balaban J connectivity index is 6.01. The fourth-order valence-electron chi connectivity index (χ4n) is 1.35. The molecule has 1 nitrogen and oxygen atoms in total. The summed E-state index contributed by atoms with van der Waals surface area (Å²) in [5, 5.41) is 0. The van der Waals surface area contributed by atoms with Crippen LogP contribution in [0.4, 0.5) is 57.1 Å². The van der Waals surface area contributed by atoms with E-state index in [1.165, 1.54) is 0 Å². The fraction of sp³-hybridized carbons (Fsp3) is 1.00. The Hall–Kier alpha value is -0.733. The van der Waals surface area contributed by atoms with Crippen molar-refractivity contribution in [2.45, 2.75) is 54.8 Å². The molecule has 0 fully saturated rings. The second kappa shape index (κ2) is 6.21. The standard InChI is InChI=1S/C9H9F13OSi/c1-24(23)3-2-4(10,11)5(12,13)6(14,15)7(16,17)8(18,19)9(20,21)22/h23-24H,2-3H2,1H3. The third-order valence-corrected chi connectivity index (χ3v) is 4.00. The van der Waals surface area contributed by atoms with Gasteiger partial charge >= 0.3 is 35.8 Å². The molecule has 0 aliphatic carbocycles. The van der Waals surface area contributed by atoms with Gasteiger partial charge in [-0.1, -0.05) is 0 Å². The van der Waals surface area contributed by atoms with E-state index >= 15 is 0 Å². The Morgan fingerprint density at radius 3 is 1.25 bits per heavy atom. The third-order valence-electron chi connectivity index (χ3n) is 2.87. The van der Waals surface area contributed by atoms with Gasteiger partial charge in [0.2, 0.25) is 0 Å². The molecule has 0 aliphatic rings. The van der Waals surface area contributed by atoms with E-state index in [1.54, 1.807) is 0 Å². The van der Waals surface area contributed by atoms with E-state index < -0.39 is 57.3 Å². The minimum atomic E-state index is -7.87. The van der Waals surface area contributed by atoms with Gasteiger partial charge in [0.25, 0.3) is 0 Å². The molecule has 0 spiro atoms. The molecule has 0 aromatic carbocycles. The van der Waals surface area contributed by atoms with Crippen molar-refractivity contribution < 1.29 is 61.9 Å². The van der Waals surface area contributed by atoms with Crippen molar-refractivity contribution in [2.24, 2.45) is 0 Å². The van der Waals surface area contributed by atoms with Gasteiger partial charge in [0.05, 0.1) is 0 Å². The van der Waals surface area contributed by atoms with E-state index in [2.05, 4.69) is 0 Å². The van der Waals surface area contributed by atoms with E-state index in [9.17, 15) is 57.1 Å². The topological polar surface area (TPSA) is 20.2 Å². The van der Waals surface area contributed by atoms with Gasteiger partial charge in [0, 0.05) is 6.42 Å². The van der Waals surface area contributed by atoms with Crippen LogP contribution < -0.4 is 0 Å². The number of halogens is 13. The zero-order valence-electron chi connectivity index (χ0n) is 11.4. The molecule has 146 valence electrons. The van der Waals surface area contributed by atoms with E-state index in [1.807, 2.05) is 0 Å². The van der Waals surface area contributed by atoms with Gasteiger partial charge in [-0.25, -0.2) is 0 Å². The zero-order chi connectivity index (χ0) is 20.0. The summed E-state index contributed by atoms with van der Waals surface area (Å²) >= 11 is 0. The molecular weight excluding hydrogens is 399 g/mol. The first-order chi connectivity index (χ1) is 10.2. The Morgan fingerprint density at radius 1 is 0.625 bits per heavy atom. The molecule has 1 atom stereocenters. The first-order valence-corrected chi connectivity index (χ1v) is 8.29. The first-order valence-electron chi connectivity index (χ1n) is 5.80. The van der Waals surface area contributed by atoms with Crippen molar-refractivity contribution >= 4 is 9.04 Å². The molecule has 0 amide bonds. The summed E-state index contributed by atoms with van der Waals surface area (Å²) in [7, 11) is -3.07. The molecule has 24 heavy (non-hydrogen) atoms. The second-order valence-electron chi connectivity index (χ2n) is 4.89. The summed E-state index contributed by atoms with van der Waals surface area (Å²) in [5.41, 5.74) is 0. The summed E-state index contributed by atoms with van der Waals surface area (Å²) in [5.74, 6) is -36.6. The smallest absolute Gasteiger partial charge is 0.435 e. The van der Waals surface area contributed by atoms with Crippen molar-refractivity contribution in [1.29, 1.82) is 0 Å². The predicted molar refractivity (Wildman–Crippen MR) is 55.4 cm³/mol. The Labute approximate surface area is 127 Å². The van der Waals surface area contributed by atoms with Crippen molar-refractivity contribution in [1.82, 2.24) is 0 Å². The van der Waals surface area contributed by atoms with Crippen molar-refractivity contribution in [3.05, 3.63) is 0 Å². The van der Waals surface area contributed by atoms with Gasteiger partial charge in [-0.3, -0.25) is 0 Å². The highest BCUT2D eigenvalue weighted by Crippen LogP contribution is 2.60. The van der Waals surface area contributed by atoms with E-state index in [0.717, 1.165) is 6.55 Å². The highest BCUT2D eigenvalue weighted by atomic mass is 28.3. The molecular formula is C9H9F13OSi. The maximum absolute atomic E-state index is 13.1. The maximum Gasteiger partial charge on any atom is 0.460 e. The van der Waals surface area contributed by atoms with Crippen molar-refractivity contribution in [3.63, 3.8) is 0 Å². The van der Waals surface area contributed by atoms with Gasteiger partial charge in [-0.05, 0) is 12.6 Å². The average molecular weight is 408 g/mol. The Morgan fingerprint density at radius 2 is 0.958 bits per heavy atom. The maximum atomic E-state index is 13.1. The molecule has 0 saturated heterocycles. The Bertz CT molecular complexity index is 441. The summed E-state index contributed by atoms with van der Waals surface area (Å²) in [6.07, 6.45) is -9.72. The molecule has 0 aliphatic heterocycles. The minimum Gasteiger partial charge on any atom is -0.435 e. The van der Waals surface area contributed by atoms with Crippen LogP contribution in [0.5, 0.6) is 0 Å². The molecule has 0 saturated carbocycles. The van der Waals surface area contributed by atoms with Crippen LogP contribution >= 0.6 is 0 Å². The van der Waals surface area contributed by atoms with Crippen LogP contribution in [-0.4, -0.2) is 49.6 Å². The van der Waals surface area contributed by atoms with Gasteiger partial charge < -0.3 is 4.80 Å². The molecule has 0 aromatic rings. The van der Waals surface area contributed by atoms with Gasteiger partial charge in [-0.2, -0.15) is 57.1 Å². The highest BCUT2D eigenvalue weighted by molar-refractivity contribution is 6.48. The average Bonchev–Trinajstić information content (AvgIpc) is 2.34. The van der Waals surface area contributed by atoms with Gasteiger partial charge in [-0.15, -0.1) is 0 Å². The lowest BCUT2D eigenvalue weighted by Crippen LogP contribution is -2.70. The largest absolute Gasteiger partial charge is 0.460 e. The quantitative estimate of drug-likeness (QED) is 0.487. The molecule has 0 heterocycles. The first kappa shape index (κ1) is 23.3. The Kier molecular flexibility index (Phi) is 6.02. The molecule has 15 heteroatoms. The van der Waals surface area contributed by atoms with Crippen LogP contribution in [0.15, 0.2) is 0 Å². The van der Waals surface area contributed by atoms with Gasteiger partial charge in [0.1, 0.15) is 0 Å². The van der Waals surface area contributed by atoms with E-state index in [0.29, 0.717) is 0 Å². The number of rotatable bonds is 7. The molecule has 1 N–H and O–H groups in total. The lowest BCUT2D eigenvalue weighted by Gasteiger charge is -2.39. The van der Waals surface area contributed by atoms with E-state index in [4.69, 9.17) is 4.80 Å². The van der Waals surface area contributed by atoms with E-state index in [-0.39, 0.29) is 0 Å². The number of hydrogen-bond donors (Lipinski definition) is 1. The molecule has 0 radical (unpaired) electrons. The summed E-state index contributed by atoms with van der Waals surface area (Å²) in [6, 6.07) is -1.21. The van der Waals surface area contributed by atoms with Crippen LogP contribution in [0.2, 0.25) is 12.6 Å². The second-order valence-corrected chi connectivity index (χ2v) is 7.16. The minimum absolute atomic E-state index is 0.860. The normalized spacial score (nSPS) is 17.1. The third kappa shape index (κ3) is 3.46. The molecule has 0 bridgehead atoms. The van der Waals surface area contributed by atoms with Crippen LogP contribution in [0.25, 0.3) is 0 Å². The predicted octanol–water partition coefficient (Wildman–Crippen LogP) is 4.46.